The quantitative estimate of drug-likeness (QED) is 0.837. The van der Waals surface area contributed by atoms with Crippen LogP contribution in [0.3, 0.4) is 0 Å². The van der Waals surface area contributed by atoms with E-state index in [4.69, 9.17) is 5.73 Å². The summed E-state index contributed by atoms with van der Waals surface area (Å²) in [6, 6.07) is 4.96. The largest absolute Gasteiger partial charge is 0.398 e. The van der Waals surface area contributed by atoms with Crippen LogP contribution in [0.2, 0.25) is 0 Å². The van der Waals surface area contributed by atoms with Crippen LogP contribution in [0.25, 0.3) is 0 Å². The Morgan fingerprint density at radius 2 is 2.05 bits per heavy atom. The highest BCUT2D eigenvalue weighted by atomic mass is 79.9. The molecule has 6 heteroatoms. The Kier molecular flexibility index (Phi) is 4.53. The Labute approximate surface area is 123 Å². The molecule has 0 bridgehead atoms. The molecule has 0 spiro atoms. The second-order valence-electron chi connectivity index (χ2n) is 5.00. The Hall–Kier alpha value is -0.590. The highest BCUT2D eigenvalue weighted by molar-refractivity contribution is 9.10. The van der Waals surface area contributed by atoms with Gasteiger partial charge >= 0.3 is 0 Å². The predicted molar refractivity (Wildman–Crippen MR) is 80.4 cm³/mol. The van der Waals surface area contributed by atoms with Gasteiger partial charge in [-0.2, -0.15) is 4.31 Å². The smallest absolute Gasteiger partial charge is 0.245 e. The SMILES string of the molecule is CC1CCCCCN1S(=O)(=O)c1ccc(Br)cc1N. The van der Waals surface area contributed by atoms with Crippen molar-refractivity contribution in [1.29, 1.82) is 0 Å². The zero-order valence-corrected chi connectivity index (χ0v) is 13.4. The minimum absolute atomic E-state index is 0.0375. The van der Waals surface area contributed by atoms with Crippen LogP contribution in [0.1, 0.15) is 32.6 Å². The van der Waals surface area contributed by atoms with Crippen molar-refractivity contribution in [2.45, 2.75) is 43.5 Å². The standard InChI is InChI=1S/C13H19BrN2O2S/c1-10-5-3-2-4-8-16(10)19(17,18)13-7-6-11(14)9-12(13)15/h6-7,9-10H,2-5,8,15H2,1H3. The lowest BCUT2D eigenvalue weighted by molar-refractivity contribution is 0.342. The summed E-state index contributed by atoms with van der Waals surface area (Å²) in [5.41, 5.74) is 6.16. The minimum Gasteiger partial charge on any atom is -0.398 e. The van der Waals surface area contributed by atoms with E-state index in [0.717, 1.165) is 30.2 Å². The van der Waals surface area contributed by atoms with Crippen LogP contribution >= 0.6 is 15.9 Å². The van der Waals surface area contributed by atoms with Gasteiger partial charge in [-0.25, -0.2) is 8.42 Å². The molecule has 0 aliphatic carbocycles. The van der Waals surface area contributed by atoms with E-state index in [1.54, 1.807) is 22.5 Å². The first kappa shape index (κ1) is 14.8. The second-order valence-corrected chi connectivity index (χ2v) is 7.77. The van der Waals surface area contributed by atoms with E-state index in [1.165, 1.54) is 0 Å². The number of sulfonamides is 1. The first-order valence-corrected chi connectivity index (χ1v) is 8.73. The van der Waals surface area contributed by atoms with Crippen LogP contribution in [-0.2, 0) is 10.0 Å². The number of anilines is 1. The number of benzene rings is 1. The van der Waals surface area contributed by atoms with Gasteiger partial charge in [0.2, 0.25) is 10.0 Å². The van der Waals surface area contributed by atoms with Crippen molar-refractivity contribution in [1.82, 2.24) is 4.31 Å². The van der Waals surface area contributed by atoms with Crippen molar-refractivity contribution in [3.05, 3.63) is 22.7 Å². The molecule has 0 aromatic heterocycles. The Bertz CT molecular complexity index is 560. The number of hydrogen-bond donors (Lipinski definition) is 1. The zero-order valence-electron chi connectivity index (χ0n) is 11.0. The number of nitrogens with zero attached hydrogens (tertiary/aromatic N) is 1. The van der Waals surface area contributed by atoms with Crippen LogP contribution in [-0.4, -0.2) is 25.3 Å². The Morgan fingerprint density at radius 1 is 1.32 bits per heavy atom. The lowest BCUT2D eigenvalue weighted by Gasteiger charge is -2.26. The molecule has 1 aromatic rings. The van der Waals surface area contributed by atoms with Crippen LogP contribution < -0.4 is 5.73 Å². The summed E-state index contributed by atoms with van der Waals surface area (Å²) >= 11 is 3.29. The molecule has 1 atom stereocenters. The molecule has 0 saturated carbocycles. The predicted octanol–water partition coefficient (Wildman–Crippen LogP) is 2.98. The summed E-state index contributed by atoms with van der Waals surface area (Å²) in [7, 11) is -3.49. The fraction of sp³-hybridized carbons (Fsp3) is 0.538. The fourth-order valence-corrected chi connectivity index (χ4v) is 4.66. The average Bonchev–Trinajstić information content (AvgIpc) is 2.53. The summed E-state index contributed by atoms with van der Waals surface area (Å²) in [6.07, 6.45) is 4.00. The third-order valence-corrected chi connectivity index (χ3v) is 6.13. The molecule has 1 aromatic carbocycles. The van der Waals surface area contributed by atoms with Crippen molar-refractivity contribution in [3.63, 3.8) is 0 Å². The van der Waals surface area contributed by atoms with Gasteiger partial charge in [-0.1, -0.05) is 28.8 Å². The van der Waals surface area contributed by atoms with Crippen molar-refractivity contribution in [2.75, 3.05) is 12.3 Å². The molecule has 106 valence electrons. The van der Waals surface area contributed by atoms with Gasteiger partial charge in [0.25, 0.3) is 0 Å². The van der Waals surface area contributed by atoms with Crippen molar-refractivity contribution in [2.24, 2.45) is 0 Å². The van der Waals surface area contributed by atoms with Crippen molar-refractivity contribution < 1.29 is 8.42 Å². The molecule has 1 unspecified atom stereocenters. The Morgan fingerprint density at radius 3 is 2.74 bits per heavy atom. The highest BCUT2D eigenvalue weighted by Crippen LogP contribution is 2.29. The molecule has 1 aliphatic rings. The number of nitrogen functional groups attached to an aromatic ring is 1. The molecule has 1 aliphatic heterocycles. The van der Waals surface area contributed by atoms with Gasteiger partial charge in [-0.15, -0.1) is 0 Å². The first-order chi connectivity index (χ1) is 8.93. The Balaban J connectivity index is 2.40. The summed E-state index contributed by atoms with van der Waals surface area (Å²) in [6.45, 7) is 2.55. The fourth-order valence-electron chi connectivity index (χ4n) is 2.49. The molecule has 0 amide bonds. The van der Waals surface area contributed by atoms with Crippen LogP contribution in [0.5, 0.6) is 0 Å². The minimum atomic E-state index is -3.49. The van der Waals surface area contributed by atoms with Crippen molar-refractivity contribution >= 4 is 31.6 Å². The molecule has 1 saturated heterocycles. The number of halogens is 1. The highest BCUT2D eigenvalue weighted by Gasteiger charge is 2.31. The third kappa shape index (κ3) is 3.12. The van der Waals surface area contributed by atoms with Gasteiger partial charge < -0.3 is 5.73 Å². The molecule has 2 N–H and O–H groups in total. The topological polar surface area (TPSA) is 63.4 Å². The van der Waals surface area contributed by atoms with E-state index in [2.05, 4.69) is 15.9 Å². The maximum atomic E-state index is 12.7. The third-order valence-electron chi connectivity index (χ3n) is 3.55. The van der Waals surface area contributed by atoms with Crippen LogP contribution in [0.4, 0.5) is 5.69 Å². The van der Waals surface area contributed by atoms with Gasteiger partial charge in [0, 0.05) is 17.1 Å². The molecule has 1 heterocycles. The van der Waals surface area contributed by atoms with Gasteiger partial charge in [0.1, 0.15) is 4.90 Å². The maximum absolute atomic E-state index is 12.7. The van der Waals surface area contributed by atoms with E-state index >= 15 is 0 Å². The van der Waals surface area contributed by atoms with Gasteiger partial charge in [0.05, 0.1) is 5.69 Å². The molecule has 2 rings (SSSR count). The second kappa shape index (κ2) is 5.81. The number of rotatable bonds is 2. The molecule has 4 nitrogen and oxygen atoms in total. The molecule has 0 radical (unpaired) electrons. The lowest BCUT2D eigenvalue weighted by Crippen LogP contribution is -2.38. The first-order valence-electron chi connectivity index (χ1n) is 6.50. The molecular formula is C13H19BrN2O2S. The number of hydrogen-bond acceptors (Lipinski definition) is 3. The van der Waals surface area contributed by atoms with E-state index in [1.807, 2.05) is 6.92 Å². The summed E-state index contributed by atoms with van der Waals surface area (Å²) in [5, 5.41) is 0. The molecular weight excluding hydrogens is 328 g/mol. The van der Waals surface area contributed by atoms with Gasteiger partial charge in [0.15, 0.2) is 0 Å². The molecule has 1 fully saturated rings. The van der Waals surface area contributed by atoms with Crippen molar-refractivity contribution in [3.8, 4) is 0 Å². The average molecular weight is 347 g/mol. The van der Waals surface area contributed by atoms with E-state index in [-0.39, 0.29) is 10.9 Å². The summed E-state index contributed by atoms with van der Waals surface area (Å²) < 4.78 is 27.8. The maximum Gasteiger partial charge on any atom is 0.245 e. The summed E-state index contributed by atoms with van der Waals surface area (Å²) in [5.74, 6) is 0. The van der Waals surface area contributed by atoms with Crippen LogP contribution in [0.15, 0.2) is 27.6 Å². The number of nitrogens with two attached hydrogens (primary N) is 1. The normalized spacial score (nSPS) is 22.1. The van der Waals surface area contributed by atoms with Crippen LogP contribution in [0, 0.1) is 0 Å². The molecule has 19 heavy (non-hydrogen) atoms. The van der Waals surface area contributed by atoms with Gasteiger partial charge in [-0.05, 0) is 38.0 Å². The van der Waals surface area contributed by atoms with E-state index < -0.39 is 10.0 Å². The monoisotopic (exact) mass is 346 g/mol. The van der Waals surface area contributed by atoms with E-state index in [9.17, 15) is 8.42 Å². The summed E-state index contributed by atoms with van der Waals surface area (Å²) in [4.78, 5) is 0.212. The lowest BCUT2D eigenvalue weighted by atomic mass is 10.1. The van der Waals surface area contributed by atoms with E-state index in [0.29, 0.717) is 12.2 Å². The zero-order chi connectivity index (χ0) is 14.0. The van der Waals surface area contributed by atoms with Gasteiger partial charge in [-0.3, -0.25) is 0 Å².